The Hall–Kier alpha value is -0.220. The van der Waals surface area contributed by atoms with Gasteiger partial charge in [0.2, 0.25) is 0 Å². The summed E-state index contributed by atoms with van der Waals surface area (Å²) < 4.78 is 0. The van der Waals surface area contributed by atoms with E-state index in [2.05, 4.69) is 11.6 Å². The van der Waals surface area contributed by atoms with Crippen LogP contribution in [0.5, 0.6) is 0 Å². The first-order valence-corrected chi connectivity index (χ1v) is 7.11. The Labute approximate surface area is 106 Å². The van der Waals surface area contributed by atoms with Crippen LogP contribution in [0, 0.1) is 0 Å². The zero-order valence-corrected chi connectivity index (χ0v) is 11.0. The van der Waals surface area contributed by atoms with E-state index in [1.54, 1.807) is 11.8 Å². The van der Waals surface area contributed by atoms with Crippen molar-refractivity contribution >= 4 is 23.4 Å². The fourth-order valence-corrected chi connectivity index (χ4v) is 2.39. The third kappa shape index (κ3) is 4.74. The molecule has 1 unspecified atom stereocenters. The van der Waals surface area contributed by atoms with Crippen LogP contribution < -0.4 is 5.32 Å². The molecule has 4 heteroatoms. The summed E-state index contributed by atoms with van der Waals surface area (Å²) in [6.45, 7) is 0.978. The van der Waals surface area contributed by atoms with Crippen molar-refractivity contribution in [3.63, 3.8) is 0 Å². The van der Waals surface area contributed by atoms with Gasteiger partial charge in [-0.25, -0.2) is 0 Å². The predicted molar refractivity (Wildman–Crippen MR) is 72.2 cm³/mol. The maximum absolute atomic E-state index is 8.94. The van der Waals surface area contributed by atoms with E-state index in [9.17, 15) is 0 Å². The molecule has 90 valence electrons. The van der Waals surface area contributed by atoms with Crippen molar-refractivity contribution in [2.24, 2.45) is 0 Å². The number of aliphatic hydroxyl groups is 1. The summed E-state index contributed by atoms with van der Waals surface area (Å²) >= 11 is 7.85. The van der Waals surface area contributed by atoms with Crippen LogP contribution in [0.2, 0.25) is 5.02 Å². The number of thioether (sulfide) groups is 1. The second kappa shape index (κ2) is 7.96. The monoisotopic (exact) mass is 259 g/mol. The zero-order chi connectivity index (χ0) is 11.8. The molecule has 0 aliphatic heterocycles. The molecule has 16 heavy (non-hydrogen) atoms. The van der Waals surface area contributed by atoms with E-state index in [4.69, 9.17) is 16.7 Å². The maximum Gasteiger partial charge on any atom is 0.0450 e. The normalized spacial score (nSPS) is 12.7. The third-order valence-corrected chi connectivity index (χ3v) is 3.49. The second-order valence-corrected chi connectivity index (χ2v) is 4.95. The van der Waals surface area contributed by atoms with Gasteiger partial charge in [-0.3, -0.25) is 0 Å². The van der Waals surface area contributed by atoms with Gasteiger partial charge >= 0.3 is 0 Å². The van der Waals surface area contributed by atoms with Gasteiger partial charge < -0.3 is 10.4 Å². The lowest BCUT2D eigenvalue weighted by Crippen LogP contribution is -2.31. The smallest absolute Gasteiger partial charge is 0.0450 e. The van der Waals surface area contributed by atoms with E-state index in [0.29, 0.717) is 6.04 Å². The summed E-state index contributed by atoms with van der Waals surface area (Å²) in [5.74, 6) is 1.00. The minimum Gasteiger partial charge on any atom is -0.396 e. The molecule has 2 N–H and O–H groups in total. The Balaban J connectivity index is 2.45. The Morgan fingerprint density at radius 2 is 2.19 bits per heavy atom. The minimum absolute atomic E-state index is 0.223. The lowest BCUT2D eigenvalue weighted by atomic mass is 10.2. The van der Waals surface area contributed by atoms with Crippen LogP contribution in [-0.4, -0.2) is 29.8 Å². The number of rotatable bonds is 7. The molecule has 1 atom stereocenters. The van der Waals surface area contributed by atoms with E-state index >= 15 is 0 Å². The Bertz CT molecular complexity index is 303. The highest BCUT2D eigenvalue weighted by molar-refractivity contribution is 7.98. The van der Waals surface area contributed by atoms with Gasteiger partial charge in [0, 0.05) is 30.0 Å². The molecule has 0 spiro atoms. The molecule has 0 saturated heterocycles. The molecule has 0 aromatic heterocycles. The lowest BCUT2D eigenvalue weighted by molar-refractivity contribution is 0.270. The number of benzene rings is 1. The van der Waals surface area contributed by atoms with Crippen molar-refractivity contribution in [1.29, 1.82) is 0 Å². The van der Waals surface area contributed by atoms with Gasteiger partial charge in [0.25, 0.3) is 0 Å². The third-order valence-electron chi connectivity index (χ3n) is 2.38. The van der Waals surface area contributed by atoms with Gasteiger partial charge in [0.05, 0.1) is 0 Å². The molecule has 0 radical (unpaired) electrons. The first kappa shape index (κ1) is 13.8. The van der Waals surface area contributed by atoms with Gasteiger partial charge in [0.1, 0.15) is 0 Å². The number of hydrogen-bond acceptors (Lipinski definition) is 3. The Morgan fingerprint density at radius 3 is 2.81 bits per heavy atom. The van der Waals surface area contributed by atoms with Crippen molar-refractivity contribution in [1.82, 2.24) is 5.32 Å². The molecular formula is C12H18ClNOS. The average molecular weight is 260 g/mol. The summed E-state index contributed by atoms with van der Waals surface area (Å²) in [6.07, 6.45) is 2.85. The molecule has 2 nitrogen and oxygen atoms in total. The molecule has 0 heterocycles. The second-order valence-electron chi connectivity index (χ2n) is 3.64. The van der Waals surface area contributed by atoms with Crippen molar-refractivity contribution in [2.75, 3.05) is 18.6 Å². The fraction of sp³-hybridized carbons (Fsp3) is 0.500. The highest BCUT2D eigenvalue weighted by atomic mass is 35.5. The van der Waals surface area contributed by atoms with Crippen molar-refractivity contribution in [3.05, 3.63) is 34.9 Å². The van der Waals surface area contributed by atoms with Crippen molar-refractivity contribution < 1.29 is 5.11 Å². The van der Waals surface area contributed by atoms with Crippen molar-refractivity contribution in [2.45, 2.75) is 19.0 Å². The summed E-state index contributed by atoms with van der Waals surface area (Å²) in [4.78, 5) is 0. The molecule has 0 saturated carbocycles. The van der Waals surface area contributed by atoms with Gasteiger partial charge in [-0.05, 0) is 24.3 Å². The fourth-order valence-electron chi connectivity index (χ4n) is 1.50. The van der Waals surface area contributed by atoms with Crippen LogP contribution in [0.25, 0.3) is 0 Å². The van der Waals surface area contributed by atoms with E-state index in [1.807, 2.05) is 24.3 Å². The predicted octanol–water partition coefficient (Wildman–Crippen LogP) is 2.54. The van der Waals surface area contributed by atoms with Gasteiger partial charge in [-0.1, -0.05) is 29.8 Å². The molecule has 1 aromatic rings. The largest absolute Gasteiger partial charge is 0.396 e. The molecule has 0 fully saturated rings. The van der Waals surface area contributed by atoms with Gasteiger partial charge in [0.15, 0.2) is 0 Å². The molecule has 0 bridgehead atoms. The van der Waals surface area contributed by atoms with E-state index in [-0.39, 0.29) is 6.61 Å². The SMILES string of the molecule is CSCC(CCO)NCc1ccccc1Cl. The van der Waals surface area contributed by atoms with Gasteiger partial charge in [-0.2, -0.15) is 11.8 Å². The molecular weight excluding hydrogens is 242 g/mol. The Kier molecular flexibility index (Phi) is 6.88. The molecule has 0 aliphatic rings. The first-order valence-electron chi connectivity index (χ1n) is 5.34. The molecule has 1 rings (SSSR count). The molecule has 0 aliphatic carbocycles. The quantitative estimate of drug-likeness (QED) is 0.789. The average Bonchev–Trinajstić information content (AvgIpc) is 2.28. The summed E-state index contributed by atoms with van der Waals surface area (Å²) in [7, 11) is 0. The van der Waals surface area contributed by atoms with Crippen LogP contribution >= 0.6 is 23.4 Å². The molecule has 0 amide bonds. The highest BCUT2D eigenvalue weighted by Crippen LogP contribution is 2.15. The van der Waals surface area contributed by atoms with E-state index in [1.165, 1.54) is 0 Å². The van der Waals surface area contributed by atoms with Crippen LogP contribution in [0.15, 0.2) is 24.3 Å². The number of halogens is 1. The van der Waals surface area contributed by atoms with Crippen LogP contribution in [0.1, 0.15) is 12.0 Å². The van der Waals surface area contributed by atoms with Crippen molar-refractivity contribution in [3.8, 4) is 0 Å². The van der Waals surface area contributed by atoms with Crippen LogP contribution in [0.3, 0.4) is 0 Å². The lowest BCUT2D eigenvalue weighted by Gasteiger charge is -2.17. The summed E-state index contributed by atoms with van der Waals surface area (Å²) in [5.41, 5.74) is 1.10. The maximum atomic E-state index is 8.94. The summed E-state index contributed by atoms with van der Waals surface area (Å²) in [6, 6.07) is 8.17. The van der Waals surface area contributed by atoms with E-state index in [0.717, 1.165) is 29.3 Å². The zero-order valence-electron chi connectivity index (χ0n) is 9.45. The van der Waals surface area contributed by atoms with Crippen LogP contribution in [-0.2, 0) is 6.54 Å². The van der Waals surface area contributed by atoms with Crippen LogP contribution in [0.4, 0.5) is 0 Å². The standard InChI is InChI=1S/C12H18ClNOS/c1-16-9-11(6-7-15)14-8-10-4-2-3-5-12(10)13/h2-5,11,14-15H,6-9H2,1H3. The Morgan fingerprint density at radius 1 is 1.44 bits per heavy atom. The highest BCUT2D eigenvalue weighted by Gasteiger charge is 2.07. The topological polar surface area (TPSA) is 32.3 Å². The van der Waals surface area contributed by atoms with Gasteiger partial charge in [-0.15, -0.1) is 0 Å². The van der Waals surface area contributed by atoms with E-state index < -0.39 is 0 Å². The minimum atomic E-state index is 0.223. The number of hydrogen-bond donors (Lipinski definition) is 2. The summed E-state index contributed by atoms with van der Waals surface area (Å²) in [5, 5.41) is 13.1. The number of aliphatic hydroxyl groups excluding tert-OH is 1. The molecule has 1 aromatic carbocycles. The number of nitrogens with one attached hydrogen (secondary N) is 1. The first-order chi connectivity index (χ1) is 7.77.